The van der Waals surface area contributed by atoms with Crippen molar-refractivity contribution in [3.05, 3.63) is 24.3 Å². The summed E-state index contributed by atoms with van der Waals surface area (Å²) in [5, 5.41) is 7.66. The second-order valence-electron chi connectivity index (χ2n) is 6.12. The van der Waals surface area contributed by atoms with Crippen molar-refractivity contribution in [3.8, 4) is 0 Å². The first-order valence-electron chi connectivity index (χ1n) is 7.47. The molecule has 1 unspecified atom stereocenters. The van der Waals surface area contributed by atoms with Crippen molar-refractivity contribution in [1.82, 2.24) is 0 Å². The molecular weight excluding hydrogens is 280 g/mol. The van der Waals surface area contributed by atoms with Crippen molar-refractivity contribution in [1.29, 1.82) is 5.41 Å². The third-order valence-electron chi connectivity index (χ3n) is 3.93. The lowest BCUT2D eigenvalue weighted by Gasteiger charge is -2.30. The molecule has 0 radical (unpaired) electrons. The van der Waals surface area contributed by atoms with Gasteiger partial charge in [-0.3, -0.25) is 4.79 Å². The van der Waals surface area contributed by atoms with Gasteiger partial charge in [0.25, 0.3) is 0 Å². The van der Waals surface area contributed by atoms with Crippen LogP contribution in [0.5, 0.6) is 0 Å². The number of hydrogen-bond acceptors (Lipinski definition) is 5. The van der Waals surface area contributed by atoms with E-state index in [1.54, 1.807) is 19.9 Å². The van der Waals surface area contributed by atoms with Crippen molar-refractivity contribution in [2.75, 3.05) is 20.3 Å². The molecule has 0 aromatic carbocycles. The van der Waals surface area contributed by atoms with Gasteiger partial charge < -0.3 is 20.6 Å². The molecule has 3 atom stereocenters. The number of carbonyl (C=O) groups is 1. The maximum absolute atomic E-state index is 11.7. The molecule has 0 bridgehead atoms. The Morgan fingerprint density at radius 2 is 2.00 bits per heavy atom. The van der Waals surface area contributed by atoms with E-state index < -0.39 is 5.41 Å². The maximum Gasteiger partial charge on any atom is 0.313 e. The molecular formula is C17H30N2O3. The predicted molar refractivity (Wildman–Crippen MR) is 90.0 cm³/mol. The highest BCUT2D eigenvalue weighted by Crippen LogP contribution is 2.26. The Morgan fingerprint density at radius 1 is 1.41 bits per heavy atom. The Labute approximate surface area is 134 Å². The molecule has 0 aromatic heterocycles. The highest BCUT2D eigenvalue weighted by atomic mass is 16.5. The molecule has 0 aromatic rings. The van der Waals surface area contributed by atoms with Crippen LogP contribution in [0.2, 0.25) is 0 Å². The van der Waals surface area contributed by atoms with Crippen molar-refractivity contribution in [2.24, 2.45) is 23.0 Å². The Bertz CT molecular complexity index is 416. The van der Waals surface area contributed by atoms with Crippen molar-refractivity contribution >= 4 is 12.2 Å². The lowest BCUT2D eigenvalue weighted by atomic mass is 9.84. The van der Waals surface area contributed by atoms with Gasteiger partial charge >= 0.3 is 5.97 Å². The van der Waals surface area contributed by atoms with Gasteiger partial charge in [-0.1, -0.05) is 25.7 Å². The summed E-state index contributed by atoms with van der Waals surface area (Å²) in [6.45, 7) is 11.8. The fourth-order valence-corrected chi connectivity index (χ4v) is 2.18. The Balaban J connectivity index is 4.86. The van der Waals surface area contributed by atoms with E-state index in [0.29, 0.717) is 6.54 Å². The second kappa shape index (κ2) is 9.54. The average molecular weight is 310 g/mol. The predicted octanol–water partition coefficient (Wildman–Crippen LogP) is 2.56. The highest BCUT2D eigenvalue weighted by molar-refractivity contribution is 5.75. The molecule has 0 rings (SSSR count). The molecule has 3 N–H and O–H groups in total. The van der Waals surface area contributed by atoms with Crippen LogP contribution in [0.25, 0.3) is 0 Å². The fourth-order valence-electron chi connectivity index (χ4n) is 2.18. The van der Waals surface area contributed by atoms with Crippen LogP contribution in [0.4, 0.5) is 0 Å². The molecule has 0 aliphatic rings. The summed E-state index contributed by atoms with van der Waals surface area (Å²) < 4.78 is 10.6. The quantitative estimate of drug-likeness (QED) is 0.369. The van der Waals surface area contributed by atoms with Gasteiger partial charge in [-0.15, -0.1) is 0 Å². The fraction of sp³-hybridized carbons (Fsp3) is 0.647. The molecule has 5 heteroatoms. The first-order chi connectivity index (χ1) is 10.2. The van der Waals surface area contributed by atoms with Crippen LogP contribution in [0.15, 0.2) is 24.3 Å². The molecule has 126 valence electrons. The minimum atomic E-state index is -0.698. The summed E-state index contributed by atoms with van der Waals surface area (Å²) in [6.07, 6.45) is 4.78. The van der Waals surface area contributed by atoms with Crippen LogP contribution >= 0.6 is 0 Å². The monoisotopic (exact) mass is 310 g/mol. The van der Waals surface area contributed by atoms with Crippen molar-refractivity contribution < 1.29 is 14.3 Å². The van der Waals surface area contributed by atoms with Gasteiger partial charge in [0, 0.05) is 18.7 Å². The topological polar surface area (TPSA) is 85.4 Å². The largest absolute Gasteiger partial charge is 0.469 e. The minimum absolute atomic E-state index is 0.0562. The van der Waals surface area contributed by atoms with E-state index in [1.807, 2.05) is 19.9 Å². The molecule has 0 aliphatic carbocycles. The number of carbonyl (C=O) groups excluding carboxylic acids is 1. The maximum atomic E-state index is 11.7. The summed E-state index contributed by atoms with van der Waals surface area (Å²) in [5.74, 6) is -0.356. The first-order valence-corrected chi connectivity index (χ1v) is 7.47. The SMILES string of the molecule is C=C/C=C(\CN)C(C=N)[C@H](C)[C@@H](C)OCC(C)(C)C(=O)OC. The van der Waals surface area contributed by atoms with Crippen LogP contribution in [0.1, 0.15) is 27.7 Å². The van der Waals surface area contributed by atoms with E-state index >= 15 is 0 Å². The summed E-state index contributed by atoms with van der Waals surface area (Å²) in [5.41, 5.74) is 6.00. The number of hydrogen-bond donors (Lipinski definition) is 2. The number of esters is 1. The van der Waals surface area contributed by atoms with E-state index in [0.717, 1.165) is 5.57 Å². The summed E-state index contributed by atoms with van der Waals surface area (Å²) >= 11 is 0. The van der Waals surface area contributed by atoms with E-state index in [1.165, 1.54) is 13.3 Å². The van der Waals surface area contributed by atoms with E-state index in [2.05, 4.69) is 6.58 Å². The molecule has 0 heterocycles. The Kier molecular flexibility index (Phi) is 8.90. The van der Waals surface area contributed by atoms with E-state index in [4.69, 9.17) is 20.6 Å². The summed E-state index contributed by atoms with van der Waals surface area (Å²) in [7, 11) is 1.37. The third kappa shape index (κ3) is 5.73. The van der Waals surface area contributed by atoms with Gasteiger partial charge in [-0.2, -0.15) is 0 Å². The molecule has 5 nitrogen and oxygen atoms in total. The normalized spacial score (nSPS) is 16.5. The molecule has 0 amide bonds. The number of methoxy groups -OCH3 is 1. The highest BCUT2D eigenvalue weighted by Gasteiger charge is 2.31. The summed E-state index contributed by atoms with van der Waals surface area (Å²) in [6, 6.07) is 0. The van der Waals surface area contributed by atoms with Crippen molar-refractivity contribution in [3.63, 3.8) is 0 Å². The number of nitrogens with two attached hydrogens (primary N) is 1. The second-order valence-corrected chi connectivity index (χ2v) is 6.12. The molecule has 0 aliphatic heterocycles. The third-order valence-corrected chi connectivity index (χ3v) is 3.93. The van der Waals surface area contributed by atoms with Crippen LogP contribution in [0.3, 0.4) is 0 Å². The molecule has 0 spiro atoms. The van der Waals surface area contributed by atoms with Crippen molar-refractivity contribution in [2.45, 2.75) is 33.8 Å². The van der Waals surface area contributed by atoms with Gasteiger partial charge in [0.15, 0.2) is 0 Å². The Morgan fingerprint density at radius 3 is 2.41 bits per heavy atom. The number of rotatable bonds is 10. The van der Waals surface area contributed by atoms with Gasteiger partial charge in [0.05, 0.1) is 25.2 Å². The van der Waals surface area contributed by atoms with Crippen LogP contribution in [-0.2, 0) is 14.3 Å². The number of nitrogens with one attached hydrogen (secondary N) is 1. The standard InChI is InChI=1S/C17H30N2O3/c1-7-8-14(9-18)15(10-19)12(2)13(3)22-11-17(4,5)16(20)21-6/h7-8,10,12-13,15,19H,1,9,11,18H2,2-6H3/b14-8+,19-10?/t12-,13-,15?/m1/s1. The first kappa shape index (κ1) is 20.5. The number of allylic oxidation sites excluding steroid dienone is 2. The van der Waals surface area contributed by atoms with Gasteiger partial charge in [-0.25, -0.2) is 0 Å². The van der Waals surface area contributed by atoms with Gasteiger partial charge in [0.2, 0.25) is 0 Å². The van der Waals surface area contributed by atoms with Crippen LogP contribution < -0.4 is 5.73 Å². The average Bonchev–Trinajstić information content (AvgIpc) is 2.51. The summed E-state index contributed by atoms with van der Waals surface area (Å²) in [4.78, 5) is 11.7. The van der Waals surface area contributed by atoms with E-state index in [-0.39, 0.29) is 30.5 Å². The lowest BCUT2D eigenvalue weighted by Crippen LogP contribution is -2.36. The van der Waals surface area contributed by atoms with Crippen LogP contribution in [-0.4, -0.2) is 38.5 Å². The zero-order valence-electron chi connectivity index (χ0n) is 14.4. The zero-order valence-corrected chi connectivity index (χ0v) is 14.4. The molecule has 0 saturated heterocycles. The molecule has 0 fully saturated rings. The number of ether oxygens (including phenoxy) is 2. The lowest BCUT2D eigenvalue weighted by molar-refractivity contribution is -0.156. The Hall–Kier alpha value is -1.46. The zero-order chi connectivity index (χ0) is 17.3. The van der Waals surface area contributed by atoms with E-state index in [9.17, 15) is 4.79 Å². The smallest absolute Gasteiger partial charge is 0.313 e. The van der Waals surface area contributed by atoms with Gasteiger partial charge in [0.1, 0.15) is 0 Å². The molecule has 22 heavy (non-hydrogen) atoms. The minimum Gasteiger partial charge on any atom is -0.469 e. The molecule has 0 saturated carbocycles. The van der Waals surface area contributed by atoms with Crippen LogP contribution in [0, 0.1) is 22.7 Å². The van der Waals surface area contributed by atoms with Gasteiger partial charge in [-0.05, 0) is 32.3 Å².